The number of rotatable bonds is 14. The van der Waals surface area contributed by atoms with Crippen LogP contribution in [0.3, 0.4) is 0 Å². The zero-order chi connectivity index (χ0) is 22.4. The maximum Gasteiger partial charge on any atom is 0.119 e. The SMILES string of the molecule is OCCCCCOc1ccc(C2=CCC(c3ccc(OCCCCCO)cc3)CC2)cc1. The Morgan fingerprint density at radius 3 is 1.75 bits per heavy atom. The first-order valence-corrected chi connectivity index (χ1v) is 12.2. The highest BCUT2D eigenvalue weighted by molar-refractivity contribution is 5.67. The smallest absolute Gasteiger partial charge is 0.119 e. The van der Waals surface area contributed by atoms with Crippen molar-refractivity contribution in [2.75, 3.05) is 26.4 Å². The van der Waals surface area contributed by atoms with Gasteiger partial charge in [0.25, 0.3) is 0 Å². The van der Waals surface area contributed by atoms with Crippen molar-refractivity contribution in [2.24, 2.45) is 0 Å². The van der Waals surface area contributed by atoms with Crippen molar-refractivity contribution in [3.8, 4) is 11.5 Å². The van der Waals surface area contributed by atoms with Gasteiger partial charge in [0.05, 0.1) is 13.2 Å². The summed E-state index contributed by atoms with van der Waals surface area (Å²) in [6.07, 6.45) is 11.4. The molecule has 1 aliphatic rings. The fourth-order valence-corrected chi connectivity index (χ4v) is 4.16. The topological polar surface area (TPSA) is 58.9 Å². The van der Waals surface area contributed by atoms with Crippen LogP contribution in [0, 0.1) is 0 Å². The van der Waals surface area contributed by atoms with Crippen molar-refractivity contribution >= 4 is 5.57 Å². The molecule has 1 atom stereocenters. The predicted molar refractivity (Wildman–Crippen MR) is 130 cm³/mol. The maximum atomic E-state index is 8.82. The summed E-state index contributed by atoms with van der Waals surface area (Å²) < 4.78 is 11.6. The summed E-state index contributed by atoms with van der Waals surface area (Å²) >= 11 is 0. The van der Waals surface area contributed by atoms with Gasteiger partial charge in [-0.15, -0.1) is 0 Å². The van der Waals surface area contributed by atoms with E-state index < -0.39 is 0 Å². The molecule has 0 heterocycles. The van der Waals surface area contributed by atoms with Crippen molar-refractivity contribution < 1.29 is 19.7 Å². The second kappa shape index (κ2) is 14.0. The Kier molecular flexibility index (Phi) is 10.6. The van der Waals surface area contributed by atoms with E-state index in [1.165, 1.54) is 16.7 Å². The summed E-state index contributed by atoms with van der Waals surface area (Å²) in [7, 11) is 0. The molecule has 32 heavy (non-hydrogen) atoms. The molecular formula is C28H38O4. The molecule has 0 saturated carbocycles. The van der Waals surface area contributed by atoms with Crippen LogP contribution in [-0.4, -0.2) is 36.6 Å². The van der Waals surface area contributed by atoms with Crippen molar-refractivity contribution in [2.45, 2.75) is 63.7 Å². The summed E-state index contributed by atoms with van der Waals surface area (Å²) in [5, 5.41) is 17.6. The van der Waals surface area contributed by atoms with E-state index in [9.17, 15) is 0 Å². The molecule has 2 aromatic carbocycles. The van der Waals surface area contributed by atoms with Crippen LogP contribution in [0.25, 0.3) is 5.57 Å². The highest BCUT2D eigenvalue weighted by Gasteiger charge is 2.17. The van der Waals surface area contributed by atoms with Gasteiger partial charge in [-0.25, -0.2) is 0 Å². The molecule has 0 amide bonds. The van der Waals surface area contributed by atoms with Crippen LogP contribution >= 0.6 is 0 Å². The van der Waals surface area contributed by atoms with Gasteiger partial charge < -0.3 is 19.7 Å². The van der Waals surface area contributed by atoms with Crippen molar-refractivity contribution in [3.63, 3.8) is 0 Å². The van der Waals surface area contributed by atoms with Gasteiger partial charge in [0.2, 0.25) is 0 Å². The zero-order valence-corrected chi connectivity index (χ0v) is 19.2. The normalized spacial score (nSPS) is 15.9. The molecule has 4 nitrogen and oxygen atoms in total. The third-order valence-electron chi connectivity index (χ3n) is 6.13. The molecule has 0 saturated heterocycles. The van der Waals surface area contributed by atoms with E-state index in [4.69, 9.17) is 19.7 Å². The Labute approximate surface area is 192 Å². The number of benzene rings is 2. The number of hydrogen-bond acceptors (Lipinski definition) is 4. The van der Waals surface area contributed by atoms with E-state index in [1.807, 2.05) is 0 Å². The molecule has 0 aliphatic heterocycles. The third-order valence-corrected chi connectivity index (χ3v) is 6.13. The van der Waals surface area contributed by atoms with Crippen LogP contribution in [0.2, 0.25) is 0 Å². The molecule has 2 N–H and O–H groups in total. The van der Waals surface area contributed by atoms with E-state index >= 15 is 0 Å². The number of hydrogen-bond donors (Lipinski definition) is 2. The summed E-state index contributed by atoms with van der Waals surface area (Å²) in [6.45, 7) is 1.94. The van der Waals surface area contributed by atoms with Crippen LogP contribution in [-0.2, 0) is 0 Å². The monoisotopic (exact) mass is 438 g/mol. The summed E-state index contributed by atoms with van der Waals surface area (Å²) in [4.78, 5) is 0. The first kappa shape index (κ1) is 24.3. The number of aliphatic hydroxyl groups is 2. The Balaban J connectivity index is 1.44. The van der Waals surface area contributed by atoms with E-state index in [2.05, 4.69) is 54.6 Å². The van der Waals surface area contributed by atoms with Crippen LogP contribution in [0.4, 0.5) is 0 Å². The molecule has 0 radical (unpaired) electrons. The van der Waals surface area contributed by atoms with Gasteiger partial charge in [0.1, 0.15) is 11.5 Å². The average molecular weight is 439 g/mol. The van der Waals surface area contributed by atoms with Crippen molar-refractivity contribution in [3.05, 3.63) is 65.7 Å². The molecular weight excluding hydrogens is 400 g/mol. The summed E-state index contributed by atoms with van der Waals surface area (Å²) in [6, 6.07) is 17.1. The fraction of sp³-hybridized carbons (Fsp3) is 0.500. The number of ether oxygens (including phenoxy) is 2. The molecule has 0 spiro atoms. The lowest BCUT2D eigenvalue weighted by molar-refractivity contribution is 0.265. The standard InChI is InChI=1S/C28H38O4/c29-19-3-1-5-21-31-27-15-11-25(12-16-27)23-7-9-24(10-8-23)26-13-17-28(18-14-26)32-22-6-2-4-20-30/h7,11-18,24,29-30H,1-6,8-10,19-22H2. The lowest BCUT2D eigenvalue weighted by Crippen LogP contribution is -2.04. The molecule has 0 aromatic heterocycles. The number of unbranched alkanes of at least 4 members (excludes halogenated alkanes) is 4. The average Bonchev–Trinajstić information content (AvgIpc) is 2.85. The second-order valence-corrected chi connectivity index (χ2v) is 8.56. The molecule has 1 aliphatic carbocycles. The van der Waals surface area contributed by atoms with Crippen LogP contribution < -0.4 is 9.47 Å². The first-order valence-electron chi connectivity index (χ1n) is 12.2. The lowest BCUT2D eigenvalue weighted by Gasteiger charge is -2.23. The molecule has 2 aromatic rings. The van der Waals surface area contributed by atoms with Gasteiger partial charge in [-0.05, 0) is 105 Å². The van der Waals surface area contributed by atoms with Gasteiger partial charge in [0.15, 0.2) is 0 Å². The highest BCUT2D eigenvalue weighted by Crippen LogP contribution is 2.36. The molecule has 0 fully saturated rings. The Bertz CT molecular complexity index is 795. The Morgan fingerprint density at radius 2 is 1.25 bits per heavy atom. The third kappa shape index (κ3) is 7.99. The van der Waals surface area contributed by atoms with E-state index in [0.717, 1.165) is 69.3 Å². The summed E-state index contributed by atoms with van der Waals surface area (Å²) in [5.74, 6) is 2.42. The lowest BCUT2D eigenvalue weighted by atomic mass is 9.83. The van der Waals surface area contributed by atoms with Gasteiger partial charge in [-0.1, -0.05) is 30.3 Å². The van der Waals surface area contributed by atoms with E-state index in [0.29, 0.717) is 19.1 Å². The zero-order valence-electron chi connectivity index (χ0n) is 19.2. The molecule has 4 heteroatoms. The largest absolute Gasteiger partial charge is 0.494 e. The van der Waals surface area contributed by atoms with Gasteiger partial charge in [0, 0.05) is 13.2 Å². The Morgan fingerprint density at radius 1 is 0.688 bits per heavy atom. The van der Waals surface area contributed by atoms with Crippen molar-refractivity contribution in [1.29, 1.82) is 0 Å². The fourth-order valence-electron chi connectivity index (χ4n) is 4.16. The van der Waals surface area contributed by atoms with E-state index in [1.54, 1.807) is 0 Å². The van der Waals surface area contributed by atoms with Crippen LogP contribution in [0.1, 0.15) is 74.8 Å². The highest BCUT2D eigenvalue weighted by atomic mass is 16.5. The maximum absolute atomic E-state index is 8.82. The van der Waals surface area contributed by atoms with Crippen LogP contribution in [0.15, 0.2) is 54.6 Å². The second-order valence-electron chi connectivity index (χ2n) is 8.56. The predicted octanol–water partition coefficient (Wildman–Crippen LogP) is 6.12. The molecule has 0 bridgehead atoms. The molecule has 174 valence electrons. The van der Waals surface area contributed by atoms with Crippen molar-refractivity contribution in [1.82, 2.24) is 0 Å². The van der Waals surface area contributed by atoms with E-state index in [-0.39, 0.29) is 13.2 Å². The van der Waals surface area contributed by atoms with Crippen LogP contribution in [0.5, 0.6) is 11.5 Å². The van der Waals surface area contributed by atoms with Gasteiger partial charge in [-0.3, -0.25) is 0 Å². The number of aliphatic hydroxyl groups excluding tert-OH is 2. The first-order chi connectivity index (χ1) is 15.8. The Hall–Kier alpha value is -2.30. The minimum Gasteiger partial charge on any atom is -0.494 e. The quantitative estimate of drug-likeness (QED) is 0.349. The minimum absolute atomic E-state index is 0.261. The summed E-state index contributed by atoms with van der Waals surface area (Å²) in [5.41, 5.74) is 4.11. The molecule has 1 unspecified atom stereocenters. The van der Waals surface area contributed by atoms with Gasteiger partial charge in [-0.2, -0.15) is 0 Å². The van der Waals surface area contributed by atoms with Gasteiger partial charge >= 0.3 is 0 Å². The number of allylic oxidation sites excluding steroid dienone is 2. The minimum atomic E-state index is 0.261. The molecule has 3 rings (SSSR count).